The lowest BCUT2D eigenvalue weighted by Crippen LogP contribution is -2.35. The number of likely N-dealkylation sites (tertiary alicyclic amines) is 1. The Bertz CT molecular complexity index is 1600. The molecule has 4 aromatic rings. The zero-order valence-corrected chi connectivity index (χ0v) is 24.3. The van der Waals surface area contributed by atoms with Crippen molar-refractivity contribution in [2.24, 2.45) is 16.6 Å². The van der Waals surface area contributed by atoms with E-state index in [0.29, 0.717) is 27.9 Å². The van der Waals surface area contributed by atoms with E-state index in [1.165, 1.54) is 24.8 Å². The maximum absolute atomic E-state index is 12.2. The van der Waals surface area contributed by atoms with Crippen molar-refractivity contribution in [1.82, 2.24) is 9.88 Å². The average Bonchev–Trinajstić information content (AvgIpc) is 3.31. The first-order valence-electron chi connectivity index (χ1n) is 14.4. The Labute approximate surface area is 242 Å². The number of nitrogens with one attached hydrogen (secondary N) is 2. The molecule has 1 atom stereocenters. The van der Waals surface area contributed by atoms with Crippen LogP contribution in [-0.2, 0) is 16.6 Å². The average molecular weight is 574 g/mol. The van der Waals surface area contributed by atoms with Gasteiger partial charge in [-0.3, -0.25) is 9.62 Å². The van der Waals surface area contributed by atoms with E-state index in [0.717, 1.165) is 49.8 Å². The van der Waals surface area contributed by atoms with Gasteiger partial charge in [0.15, 0.2) is 5.88 Å². The molecule has 0 bridgehead atoms. The Kier molecular flexibility index (Phi) is 9.07. The van der Waals surface area contributed by atoms with Gasteiger partial charge in [-0.2, -0.15) is 0 Å². The summed E-state index contributed by atoms with van der Waals surface area (Å²) in [7, 11) is -3.45. The van der Waals surface area contributed by atoms with Gasteiger partial charge in [-0.25, -0.2) is 13.4 Å². The predicted octanol–water partition coefficient (Wildman–Crippen LogP) is 5.76. The standard InChI is InChI=1S/C32H39N5O3S/c1-2-41(39,40)36-27-16-17-29-28(20-27)30(32(38)35-29)31(25-10-4-3-5-11-25)34-26-14-12-24(13-15-26)22-37-19-7-9-23(21-37)8-6-18-33/h3-5,10-17,20,23,35-36,38H,2,6-9,18-19,21-22,33H2,1H3. The molecule has 1 aromatic heterocycles. The molecule has 2 heterocycles. The van der Waals surface area contributed by atoms with Crippen LogP contribution in [0.15, 0.2) is 77.8 Å². The van der Waals surface area contributed by atoms with Crippen molar-refractivity contribution in [3.8, 4) is 5.88 Å². The van der Waals surface area contributed by atoms with Crippen LogP contribution in [0.1, 0.15) is 49.3 Å². The van der Waals surface area contributed by atoms with Crippen LogP contribution < -0.4 is 10.5 Å². The Morgan fingerprint density at radius 2 is 1.90 bits per heavy atom. The Morgan fingerprint density at radius 1 is 1.12 bits per heavy atom. The molecule has 0 amide bonds. The summed E-state index contributed by atoms with van der Waals surface area (Å²) in [5.41, 5.74) is 10.8. The third kappa shape index (κ3) is 7.16. The van der Waals surface area contributed by atoms with Gasteiger partial charge in [-0.15, -0.1) is 0 Å². The largest absolute Gasteiger partial charge is 0.494 e. The number of nitrogens with zero attached hydrogens (tertiary/aromatic N) is 2. The number of H-pyrrole nitrogens is 1. The van der Waals surface area contributed by atoms with Crippen molar-refractivity contribution in [3.05, 3.63) is 89.5 Å². The first-order valence-corrected chi connectivity index (χ1v) is 16.0. The van der Waals surface area contributed by atoms with Crippen LogP contribution in [0.3, 0.4) is 0 Å². The molecule has 3 aromatic carbocycles. The number of aliphatic imine (C=N–C) groups is 1. The molecule has 0 aliphatic carbocycles. The van der Waals surface area contributed by atoms with E-state index in [1.54, 1.807) is 25.1 Å². The molecule has 1 saturated heterocycles. The molecule has 0 spiro atoms. The van der Waals surface area contributed by atoms with E-state index in [4.69, 9.17) is 10.7 Å². The number of aromatic nitrogens is 1. The van der Waals surface area contributed by atoms with E-state index in [2.05, 4.69) is 26.7 Å². The van der Waals surface area contributed by atoms with Crippen LogP contribution in [0.5, 0.6) is 5.88 Å². The van der Waals surface area contributed by atoms with Crippen molar-refractivity contribution in [1.29, 1.82) is 0 Å². The van der Waals surface area contributed by atoms with Crippen molar-refractivity contribution < 1.29 is 13.5 Å². The molecule has 5 rings (SSSR count). The molecule has 0 saturated carbocycles. The van der Waals surface area contributed by atoms with Crippen LogP contribution in [0.2, 0.25) is 0 Å². The number of sulfonamides is 1. The summed E-state index contributed by atoms with van der Waals surface area (Å²) >= 11 is 0. The van der Waals surface area contributed by atoms with E-state index in [1.807, 2.05) is 42.5 Å². The van der Waals surface area contributed by atoms with Crippen molar-refractivity contribution in [2.75, 3.05) is 30.1 Å². The van der Waals surface area contributed by atoms with E-state index >= 15 is 0 Å². The Balaban J connectivity index is 1.45. The minimum atomic E-state index is -3.45. The number of aromatic hydroxyl groups is 1. The summed E-state index contributed by atoms with van der Waals surface area (Å²) in [6.45, 7) is 5.50. The Hall–Kier alpha value is -3.66. The SMILES string of the molecule is CCS(=O)(=O)Nc1ccc2[nH]c(O)c(C(=Nc3ccc(CN4CCCC(CCCN)C4)cc3)c3ccccc3)c2c1. The summed E-state index contributed by atoms with van der Waals surface area (Å²) in [6, 6.07) is 23.1. The van der Waals surface area contributed by atoms with Gasteiger partial charge < -0.3 is 15.8 Å². The number of nitrogens with two attached hydrogens (primary N) is 1. The summed E-state index contributed by atoms with van der Waals surface area (Å²) in [6.07, 6.45) is 4.82. The fourth-order valence-corrected chi connectivity index (χ4v) is 6.22. The highest BCUT2D eigenvalue weighted by Gasteiger charge is 2.21. The first-order chi connectivity index (χ1) is 19.8. The topological polar surface area (TPSA) is 124 Å². The van der Waals surface area contributed by atoms with Crippen LogP contribution >= 0.6 is 0 Å². The number of piperidine rings is 1. The predicted molar refractivity (Wildman–Crippen MR) is 168 cm³/mol. The third-order valence-corrected chi connectivity index (χ3v) is 9.03. The highest BCUT2D eigenvalue weighted by molar-refractivity contribution is 7.92. The summed E-state index contributed by atoms with van der Waals surface area (Å²) in [4.78, 5) is 10.6. The minimum Gasteiger partial charge on any atom is -0.494 e. The second-order valence-corrected chi connectivity index (χ2v) is 12.8. The van der Waals surface area contributed by atoms with Gasteiger partial charge in [-0.1, -0.05) is 42.5 Å². The molecule has 1 fully saturated rings. The summed E-state index contributed by atoms with van der Waals surface area (Å²) in [5, 5.41) is 11.7. The lowest BCUT2D eigenvalue weighted by atomic mass is 9.93. The van der Waals surface area contributed by atoms with Crippen LogP contribution in [-0.4, -0.2) is 54.5 Å². The molecular formula is C32H39N5O3S. The maximum Gasteiger partial charge on any atom is 0.232 e. The fraction of sp³-hybridized carbons (Fsp3) is 0.344. The number of aromatic amines is 1. The normalized spacial score (nSPS) is 16.7. The van der Waals surface area contributed by atoms with Gasteiger partial charge in [0.25, 0.3) is 0 Å². The molecule has 1 aliphatic heterocycles. The molecule has 1 unspecified atom stereocenters. The van der Waals surface area contributed by atoms with Crippen molar-refractivity contribution >= 4 is 38.0 Å². The van der Waals surface area contributed by atoms with E-state index in [-0.39, 0.29) is 11.6 Å². The summed E-state index contributed by atoms with van der Waals surface area (Å²) < 4.78 is 27.0. The van der Waals surface area contributed by atoms with Crippen LogP contribution in [0.25, 0.3) is 10.9 Å². The smallest absolute Gasteiger partial charge is 0.232 e. The van der Waals surface area contributed by atoms with E-state index in [9.17, 15) is 13.5 Å². The van der Waals surface area contributed by atoms with Crippen LogP contribution in [0.4, 0.5) is 11.4 Å². The number of hydrogen-bond acceptors (Lipinski definition) is 6. The second kappa shape index (κ2) is 12.9. The van der Waals surface area contributed by atoms with Gasteiger partial charge >= 0.3 is 0 Å². The molecule has 8 nitrogen and oxygen atoms in total. The number of fused-ring (bicyclic) bond motifs is 1. The van der Waals surface area contributed by atoms with Gasteiger partial charge in [0, 0.05) is 35.2 Å². The molecule has 5 N–H and O–H groups in total. The zero-order valence-electron chi connectivity index (χ0n) is 23.5. The fourth-order valence-electron chi connectivity index (χ4n) is 5.59. The van der Waals surface area contributed by atoms with Crippen molar-refractivity contribution in [2.45, 2.75) is 39.2 Å². The second-order valence-electron chi connectivity index (χ2n) is 10.8. The number of anilines is 1. The third-order valence-electron chi connectivity index (χ3n) is 7.72. The van der Waals surface area contributed by atoms with Crippen LogP contribution in [0, 0.1) is 5.92 Å². The quantitative estimate of drug-likeness (QED) is 0.170. The monoisotopic (exact) mass is 573 g/mol. The van der Waals surface area contributed by atoms with Gasteiger partial charge in [-0.05, 0) is 87.5 Å². The minimum absolute atomic E-state index is 0.0241. The lowest BCUT2D eigenvalue weighted by Gasteiger charge is -2.32. The highest BCUT2D eigenvalue weighted by atomic mass is 32.2. The van der Waals surface area contributed by atoms with E-state index < -0.39 is 10.0 Å². The lowest BCUT2D eigenvalue weighted by molar-refractivity contribution is 0.160. The highest BCUT2D eigenvalue weighted by Crippen LogP contribution is 2.33. The molecule has 1 aliphatic rings. The summed E-state index contributed by atoms with van der Waals surface area (Å²) in [5.74, 6) is 0.672. The zero-order chi connectivity index (χ0) is 28.8. The van der Waals surface area contributed by atoms with Gasteiger partial charge in [0.05, 0.1) is 22.7 Å². The molecule has 216 valence electrons. The molecule has 41 heavy (non-hydrogen) atoms. The number of rotatable bonds is 11. The molecule has 0 radical (unpaired) electrons. The first kappa shape index (κ1) is 28.9. The molecule has 9 heteroatoms. The Morgan fingerprint density at radius 3 is 2.63 bits per heavy atom. The number of benzene rings is 3. The molecular weight excluding hydrogens is 534 g/mol. The number of hydrogen-bond donors (Lipinski definition) is 4. The van der Waals surface area contributed by atoms with Gasteiger partial charge in [0.2, 0.25) is 10.0 Å². The maximum atomic E-state index is 12.2. The van der Waals surface area contributed by atoms with Crippen molar-refractivity contribution in [3.63, 3.8) is 0 Å². The van der Waals surface area contributed by atoms with Gasteiger partial charge in [0.1, 0.15) is 0 Å².